The first-order chi connectivity index (χ1) is 8.24. The predicted molar refractivity (Wildman–Crippen MR) is 64.6 cm³/mol. The molecule has 1 fully saturated rings. The lowest BCUT2D eigenvalue weighted by Gasteiger charge is -2.17. The van der Waals surface area contributed by atoms with Crippen LogP contribution < -0.4 is 10.1 Å². The Morgan fingerprint density at radius 2 is 2.41 bits per heavy atom. The van der Waals surface area contributed by atoms with Crippen LogP contribution in [0.5, 0.6) is 5.88 Å². The second-order valence-electron chi connectivity index (χ2n) is 4.16. The van der Waals surface area contributed by atoms with Crippen molar-refractivity contribution < 1.29 is 9.53 Å². The molecule has 1 unspecified atom stereocenters. The van der Waals surface area contributed by atoms with Gasteiger partial charge in [-0.05, 0) is 30.4 Å². The molecule has 0 bridgehead atoms. The van der Waals surface area contributed by atoms with Crippen molar-refractivity contribution in [3.63, 3.8) is 0 Å². The van der Waals surface area contributed by atoms with Gasteiger partial charge in [0.2, 0.25) is 11.8 Å². The third-order valence-electron chi connectivity index (χ3n) is 2.90. The van der Waals surface area contributed by atoms with E-state index in [0.717, 1.165) is 18.4 Å². The molecule has 1 aliphatic rings. The van der Waals surface area contributed by atoms with Crippen LogP contribution >= 0.6 is 0 Å². The largest absolute Gasteiger partial charge is 0.481 e. The van der Waals surface area contributed by atoms with Gasteiger partial charge in [0.15, 0.2) is 0 Å². The molecule has 1 heterocycles. The zero-order valence-corrected chi connectivity index (χ0v) is 9.85. The van der Waals surface area contributed by atoms with Crippen molar-refractivity contribution in [3.05, 3.63) is 36.5 Å². The normalized spacial score (nSPS) is 16.1. The number of carbonyl (C=O) groups is 1. The highest BCUT2D eigenvalue weighted by atomic mass is 16.5. The standard InChI is InChI=1S/C13H16N2O2/c1-3-11(16)15-13(9-4-5-9)10-6-7-12(17-2)14-8-10/h3,6-9,13H,1,4-5H2,2H3,(H,15,16). The summed E-state index contributed by atoms with van der Waals surface area (Å²) in [4.78, 5) is 15.5. The number of amides is 1. The van der Waals surface area contributed by atoms with Crippen LogP contribution in [-0.2, 0) is 4.79 Å². The third-order valence-corrected chi connectivity index (χ3v) is 2.90. The fourth-order valence-corrected chi connectivity index (χ4v) is 1.81. The molecule has 1 saturated carbocycles. The molecular weight excluding hydrogens is 216 g/mol. The number of pyridine rings is 1. The van der Waals surface area contributed by atoms with Crippen LogP contribution in [0.25, 0.3) is 0 Å². The van der Waals surface area contributed by atoms with E-state index < -0.39 is 0 Å². The van der Waals surface area contributed by atoms with Gasteiger partial charge in [0.25, 0.3) is 0 Å². The van der Waals surface area contributed by atoms with E-state index in [0.29, 0.717) is 11.8 Å². The quantitative estimate of drug-likeness (QED) is 0.788. The average Bonchev–Trinajstić information content (AvgIpc) is 3.20. The van der Waals surface area contributed by atoms with E-state index in [1.165, 1.54) is 6.08 Å². The molecule has 1 aliphatic carbocycles. The van der Waals surface area contributed by atoms with E-state index in [-0.39, 0.29) is 11.9 Å². The van der Waals surface area contributed by atoms with E-state index in [4.69, 9.17) is 4.74 Å². The molecule has 1 amide bonds. The first-order valence-corrected chi connectivity index (χ1v) is 5.67. The van der Waals surface area contributed by atoms with Crippen LogP contribution in [0, 0.1) is 5.92 Å². The van der Waals surface area contributed by atoms with E-state index in [1.807, 2.05) is 12.1 Å². The lowest BCUT2D eigenvalue weighted by Crippen LogP contribution is -2.28. The molecule has 1 N–H and O–H groups in total. The van der Waals surface area contributed by atoms with Crippen LogP contribution in [0.3, 0.4) is 0 Å². The minimum atomic E-state index is -0.141. The highest BCUT2D eigenvalue weighted by molar-refractivity contribution is 5.87. The van der Waals surface area contributed by atoms with Crippen LogP contribution in [0.15, 0.2) is 31.0 Å². The maximum absolute atomic E-state index is 11.4. The zero-order chi connectivity index (χ0) is 12.3. The highest BCUT2D eigenvalue weighted by Gasteiger charge is 2.33. The Labute approximate surface area is 101 Å². The third kappa shape index (κ3) is 2.84. The topological polar surface area (TPSA) is 51.2 Å². The fourth-order valence-electron chi connectivity index (χ4n) is 1.81. The number of nitrogens with zero attached hydrogens (tertiary/aromatic N) is 1. The van der Waals surface area contributed by atoms with Crippen LogP contribution in [0.2, 0.25) is 0 Å². The molecule has 1 atom stereocenters. The van der Waals surface area contributed by atoms with Gasteiger partial charge in [0, 0.05) is 12.3 Å². The Balaban J connectivity index is 2.13. The lowest BCUT2D eigenvalue weighted by atomic mass is 10.0. The number of hydrogen-bond acceptors (Lipinski definition) is 3. The molecule has 0 spiro atoms. The first kappa shape index (κ1) is 11.6. The molecular formula is C13H16N2O2. The molecule has 17 heavy (non-hydrogen) atoms. The second-order valence-corrected chi connectivity index (χ2v) is 4.16. The van der Waals surface area contributed by atoms with Gasteiger partial charge in [-0.1, -0.05) is 12.6 Å². The Morgan fingerprint density at radius 1 is 1.65 bits per heavy atom. The first-order valence-electron chi connectivity index (χ1n) is 5.67. The number of carbonyl (C=O) groups excluding carboxylic acids is 1. The summed E-state index contributed by atoms with van der Waals surface area (Å²) in [5.41, 5.74) is 1.02. The number of hydrogen-bond donors (Lipinski definition) is 1. The SMILES string of the molecule is C=CC(=O)NC(c1ccc(OC)nc1)C1CC1. The summed E-state index contributed by atoms with van der Waals surface area (Å²) in [5, 5.41) is 2.94. The summed E-state index contributed by atoms with van der Waals surface area (Å²) in [5.74, 6) is 0.963. The van der Waals surface area contributed by atoms with E-state index in [2.05, 4.69) is 16.9 Å². The smallest absolute Gasteiger partial charge is 0.243 e. The van der Waals surface area contributed by atoms with E-state index >= 15 is 0 Å². The van der Waals surface area contributed by atoms with Crippen molar-refractivity contribution in [2.75, 3.05) is 7.11 Å². The minimum absolute atomic E-state index is 0.0407. The van der Waals surface area contributed by atoms with Crippen molar-refractivity contribution in [3.8, 4) is 5.88 Å². The number of nitrogens with one attached hydrogen (secondary N) is 1. The maximum Gasteiger partial charge on any atom is 0.243 e. The Hall–Kier alpha value is -1.84. The van der Waals surface area contributed by atoms with Gasteiger partial charge < -0.3 is 10.1 Å². The molecule has 4 heteroatoms. The van der Waals surface area contributed by atoms with Crippen LogP contribution in [0.4, 0.5) is 0 Å². The van der Waals surface area contributed by atoms with Crippen LogP contribution in [-0.4, -0.2) is 18.0 Å². The molecule has 0 radical (unpaired) electrons. The van der Waals surface area contributed by atoms with Crippen molar-refractivity contribution in [2.45, 2.75) is 18.9 Å². The molecule has 0 aliphatic heterocycles. The number of rotatable bonds is 5. The summed E-state index contributed by atoms with van der Waals surface area (Å²) in [7, 11) is 1.58. The minimum Gasteiger partial charge on any atom is -0.481 e. The summed E-state index contributed by atoms with van der Waals surface area (Å²) in [6.07, 6.45) is 5.35. The fraction of sp³-hybridized carbons (Fsp3) is 0.385. The summed E-state index contributed by atoms with van der Waals surface area (Å²) in [6, 6.07) is 3.79. The Bertz CT molecular complexity index is 410. The van der Waals surface area contributed by atoms with Gasteiger partial charge >= 0.3 is 0 Å². The van der Waals surface area contributed by atoms with Gasteiger partial charge in [-0.25, -0.2) is 4.98 Å². The molecule has 0 saturated heterocycles. The van der Waals surface area contributed by atoms with E-state index in [1.54, 1.807) is 13.3 Å². The van der Waals surface area contributed by atoms with Crippen molar-refractivity contribution in [1.29, 1.82) is 0 Å². The van der Waals surface area contributed by atoms with Crippen molar-refractivity contribution in [2.24, 2.45) is 5.92 Å². The second kappa shape index (κ2) is 4.99. The number of methoxy groups -OCH3 is 1. The van der Waals surface area contributed by atoms with Gasteiger partial charge in [0.05, 0.1) is 13.2 Å². The Morgan fingerprint density at radius 3 is 2.88 bits per heavy atom. The molecule has 0 aromatic carbocycles. The molecule has 1 aromatic heterocycles. The van der Waals surface area contributed by atoms with Crippen molar-refractivity contribution in [1.82, 2.24) is 10.3 Å². The van der Waals surface area contributed by atoms with E-state index in [9.17, 15) is 4.79 Å². The lowest BCUT2D eigenvalue weighted by molar-refractivity contribution is -0.117. The van der Waals surface area contributed by atoms with Gasteiger partial charge in [-0.2, -0.15) is 0 Å². The van der Waals surface area contributed by atoms with Gasteiger partial charge in [-0.15, -0.1) is 0 Å². The molecule has 90 valence electrons. The average molecular weight is 232 g/mol. The van der Waals surface area contributed by atoms with Gasteiger partial charge in [-0.3, -0.25) is 4.79 Å². The van der Waals surface area contributed by atoms with Crippen LogP contribution in [0.1, 0.15) is 24.4 Å². The number of ether oxygens (including phenoxy) is 1. The van der Waals surface area contributed by atoms with Gasteiger partial charge in [0.1, 0.15) is 0 Å². The predicted octanol–water partition coefficient (Wildman–Crippen LogP) is 1.84. The Kier molecular flexibility index (Phi) is 3.42. The molecule has 1 aromatic rings. The summed E-state index contributed by atoms with van der Waals surface area (Å²) in [6.45, 7) is 3.47. The zero-order valence-electron chi connectivity index (χ0n) is 9.85. The summed E-state index contributed by atoms with van der Waals surface area (Å²) >= 11 is 0. The molecule has 4 nitrogen and oxygen atoms in total. The number of aromatic nitrogens is 1. The summed E-state index contributed by atoms with van der Waals surface area (Å²) < 4.78 is 5.01. The van der Waals surface area contributed by atoms with Crippen molar-refractivity contribution >= 4 is 5.91 Å². The monoisotopic (exact) mass is 232 g/mol. The maximum atomic E-state index is 11.4. The molecule has 2 rings (SSSR count). The highest BCUT2D eigenvalue weighted by Crippen LogP contribution is 2.40.